The lowest BCUT2D eigenvalue weighted by Gasteiger charge is -2.10. The molecule has 0 aliphatic heterocycles. The standard InChI is InChI=1S/C13H11NO/c15-13-7-3-6-12-10(13)8-9-4-1-2-5-11(9)14-12/h1-2,4,6,8H,3,5,7H2. The molecule has 0 bridgehead atoms. The van der Waals surface area contributed by atoms with Gasteiger partial charge in [-0.25, -0.2) is 0 Å². The van der Waals surface area contributed by atoms with Crippen molar-refractivity contribution in [2.45, 2.75) is 19.3 Å². The van der Waals surface area contributed by atoms with Gasteiger partial charge < -0.3 is 0 Å². The highest BCUT2D eigenvalue weighted by molar-refractivity contribution is 5.97. The molecule has 1 aromatic heterocycles. The fourth-order valence-electron chi connectivity index (χ4n) is 2.10. The van der Waals surface area contributed by atoms with Crippen molar-refractivity contribution >= 4 is 17.9 Å². The van der Waals surface area contributed by atoms with Gasteiger partial charge in [0, 0.05) is 18.4 Å². The number of aromatic nitrogens is 1. The highest BCUT2D eigenvalue weighted by atomic mass is 16.1. The van der Waals surface area contributed by atoms with Gasteiger partial charge in [0.2, 0.25) is 0 Å². The van der Waals surface area contributed by atoms with Crippen LogP contribution < -0.4 is 10.6 Å². The summed E-state index contributed by atoms with van der Waals surface area (Å²) >= 11 is 0. The predicted octanol–water partition coefficient (Wildman–Crippen LogP) is 0.731. The van der Waals surface area contributed by atoms with Crippen LogP contribution in [0.1, 0.15) is 28.9 Å². The van der Waals surface area contributed by atoms with E-state index >= 15 is 0 Å². The van der Waals surface area contributed by atoms with Crippen molar-refractivity contribution in [3.8, 4) is 0 Å². The van der Waals surface area contributed by atoms with Crippen LogP contribution in [0.4, 0.5) is 0 Å². The van der Waals surface area contributed by atoms with Gasteiger partial charge in [0.1, 0.15) is 0 Å². The molecule has 0 N–H and O–H groups in total. The van der Waals surface area contributed by atoms with E-state index in [4.69, 9.17) is 0 Å². The minimum Gasteiger partial charge on any atom is -0.294 e. The number of carbonyl (C=O) groups is 1. The van der Waals surface area contributed by atoms with Crippen molar-refractivity contribution in [1.82, 2.24) is 4.98 Å². The van der Waals surface area contributed by atoms with Crippen LogP contribution in [0.5, 0.6) is 0 Å². The molecule has 0 aromatic carbocycles. The fourth-order valence-corrected chi connectivity index (χ4v) is 2.10. The fraction of sp³-hybridized carbons (Fsp3) is 0.231. The Kier molecular flexibility index (Phi) is 1.81. The van der Waals surface area contributed by atoms with Gasteiger partial charge in [-0.1, -0.05) is 24.3 Å². The van der Waals surface area contributed by atoms with Gasteiger partial charge in [-0.3, -0.25) is 9.78 Å². The zero-order chi connectivity index (χ0) is 10.3. The van der Waals surface area contributed by atoms with E-state index in [1.165, 1.54) is 0 Å². The SMILES string of the molecule is O=C1CCC=c2nc3c(cc21)=CC=CC3. The maximum atomic E-state index is 11.7. The summed E-state index contributed by atoms with van der Waals surface area (Å²) in [5.74, 6) is 0.228. The largest absolute Gasteiger partial charge is 0.294 e. The number of pyridine rings is 1. The number of rotatable bonds is 0. The van der Waals surface area contributed by atoms with E-state index in [2.05, 4.69) is 17.1 Å². The number of fused-ring (bicyclic) bond motifs is 2. The maximum absolute atomic E-state index is 11.7. The molecule has 2 nitrogen and oxygen atoms in total. The van der Waals surface area contributed by atoms with Crippen LogP contribution >= 0.6 is 0 Å². The summed E-state index contributed by atoms with van der Waals surface area (Å²) < 4.78 is 0. The summed E-state index contributed by atoms with van der Waals surface area (Å²) in [5.41, 5.74) is 1.88. The Balaban J connectivity index is 2.36. The van der Waals surface area contributed by atoms with Crippen molar-refractivity contribution in [2.24, 2.45) is 0 Å². The highest BCUT2D eigenvalue weighted by Gasteiger charge is 2.14. The van der Waals surface area contributed by atoms with Crippen LogP contribution in [0.15, 0.2) is 18.2 Å². The third-order valence-electron chi connectivity index (χ3n) is 2.90. The van der Waals surface area contributed by atoms with Crippen LogP contribution in [0, 0.1) is 0 Å². The number of Topliss-reactive ketones (excluding diaryl/α,β-unsaturated/α-hetero) is 1. The van der Waals surface area contributed by atoms with Crippen LogP contribution in [0.25, 0.3) is 12.2 Å². The number of allylic oxidation sites excluding steroid dienone is 2. The lowest BCUT2D eigenvalue weighted by Crippen LogP contribution is -2.29. The number of carbonyl (C=O) groups excluding carboxylic acids is 1. The van der Waals surface area contributed by atoms with Gasteiger partial charge in [0.25, 0.3) is 0 Å². The van der Waals surface area contributed by atoms with E-state index in [1.807, 2.05) is 18.2 Å². The second kappa shape index (κ2) is 3.16. The summed E-state index contributed by atoms with van der Waals surface area (Å²) in [6.45, 7) is 0. The molecule has 15 heavy (non-hydrogen) atoms. The molecule has 74 valence electrons. The van der Waals surface area contributed by atoms with Crippen molar-refractivity contribution < 1.29 is 4.79 Å². The number of nitrogens with zero attached hydrogens (tertiary/aromatic N) is 1. The molecule has 0 spiro atoms. The van der Waals surface area contributed by atoms with E-state index in [-0.39, 0.29) is 5.78 Å². The Morgan fingerprint density at radius 3 is 3.20 bits per heavy atom. The van der Waals surface area contributed by atoms with Crippen LogP contribution in [0.3, 0.4) is 0 Å². The third-order valence-corrected chi connectivity index (χ3v) is 2.90. The molecule has 0 saturated carbocycles. The zero-order valence-corrected chi connectivity index (χ0v) is 8.36. The first-order valence-electron chi connectivity index (χ1n) is 5.25. The molecule has 2 aliphatic carbocycles. The van der Waals surface area contributed by atoms with Gasteiger partial charge >= 0.3 is 0 Å². The molecule has 0 saturated heterocycles. The average Bonchev–Trinajstić information content (AvgIpc) is 2.27. The Labute approximate surface area is 87.7 Å². The molecule has 3 rings (SSSR count). The van der Waals surface area contributed by atoms with E-state index in [0.717, 1.165) is 34.7 Å². The van der Waals surface area contributed by atoms with Crippen LogP contribution in [-0.2, 0) is 6.42 Å². The third kappa shape index (κ3) is 1.33. The minimum atomic E-state index is 0.228. The molecule has 0 fully saturated rings. The lowest BCUT2D eigenvalue weighted by atomic mass is 9.99. The molecule has 0 amide bonds. The second-order valence-corrected chi connectivity index (χ2v) is 3.92. The molecule has 2 aliphatic rings. The van der Waals surface area contributed by atoms with Crippen LogP contribution in [-0.4, -0.2) is 10.8 Å². The van der Waals surface area contributed by atoms with Gasteiger partial charge in [-0.15, -0.1) is 0 Å². The van der Waals surface area contributed by atoms with Crippen molar-refractivity contribution in [3.63, 3.8) is 0 Å². The first-order chi connectivity index (χ1) is 7.34. The average molecular weight is 197 g/mol. The van der Waals surface area contributed by atoms with E-state index in [9.17, 15) is 4.79 Å². The first kappa shape index (κ1) is 8.60. The quantitative estimate of drug-likeness (QED) is 0.613. The van der Waals surface area contributed by atoms with E-state index in [0.29, 0.717) is 6.42 Å². The Hall–Kier alpha value is -1.70. The molecular weight excluding hydrogens is 186 g/mol. The molecule has 1 aromatic rings. The lowest BCUT2D eigenvalue weighted by molar-refractivity contribution is 0.0980. The number of ketones is 1. The van der Waals surface area contributed by atoms with Crippen molar-refractivity contribution in [2.75, 3.05) is 0 Å². The van der Waals surface area contributed by atoms with Gasteiger partial charge in [0.05, 0.1) is 11.0 Å². The van der Waals surface area contributed by atoms with E-state index < -0.39 is 0 Å². The van der Waals surface area contributed by atoms with Gasteiger partial charge in [-0.05, 0) is 17.7 Å². The molecular formula is C13H11NO. The predicted molar refractivity (Wildman–Crippen MR) is 58.8 cm³/mol. The summed E-state index contributed by atoms with van der Waals surface area (Å²) in [6, 6.07) is 1.99. The summed E-state index contributed by atoms with van der Waals surface area (Å²) in [7, 11) is 0. The molecule has 1 heterocycles. The Morgan fingerprint density at radius 2 is 2.27 bits per heavy atom. The number of hydrogen-bond donors (Lipinski definition) is 0. The Morgan fingerprint density at radius 1 is 1.33 bits per heavy atom. The van der Waals surface area contributed by atoms with E-state index in [1.54, 1.807) is 0 Å². The topological polar surface area (TPSA) is 30.0 Å². The molecule has 0 radical (unpaired) electrons. The van der Waals surface area contributed by atoms with Crippen LogP contribution in [0.2, 0.25) is 0 Å². The molecule has 0 atom stereocenters. The number of hydrogen-bond acceptors (Lipinski definition) is 2. The maximum Gasteiger partial charge on any atom is 0.165 e. The van der Waals surface area contributed by atoms with Crippen molar-refractivity contribution in [1.29, 1.82) is 0 Å². The highest BCUT2D eigenvalue weighted by Crippen LogP contribution is 2.06. The summed E-state index contributed by atoms with van der Waals surface area (Å²) in [5, 5.41) is 1.98. The zero-order valence-electron chi connectivity index (χ0n) is 8.36. The second-order valence-electron chi connectivity index (χ2n) is 3.92. The minimum absolute atomic E-state index is 0.228. The monoisotopic (exact) mass is 197 g/mol. The van der Waals surface area contributed by atoms with Gasteiger partial charge in [0.15, 0.2) is 5.78 Å². The first-order valence-corrected chi connectivity index (χ1v) is 5.25. The Bertz CT molecular complexity index is 581. The smallest absolute Gasteiger partial charge is 0.165 e. The molecule has 0 unspecified atom stereocenters. The molecule has 2 heteroatoms. The van der Waals surface area contributed by atoms with Crippen molar-refractivity contribution in [3.05, 3.63) is 40.0 Å². The van der Waals surface area contributed by atoms with Gasteiger partial charge in [-0.2, -0.15) is 0 Å². The summed E-state index contributed by atoms with van der Waals surface area (Å²) in [6.07, 6.45) is 10.5. The summed E-state index contributed by atoms with van der Waals surface area (Å²) in [4.78, 5) is 16.2. The normalized spacial score (nSPS) is 17.5.